The van der Waals surface area contributed by atoms with Crippen LogP contribution in [0.15, 0.2) is 41.0 Å². The van der Waals surface area contributed by atoms with E-state index in [1.807, 2.05) is 0 Å². The predicted molar refractivity (Wildman–Crippen MR) is 98.0 cm³/mol. The summed E-state index contributed by atoms with van der Waals surface area (Å²) in [5, 5.41) is 0. The summed E-state index contributed by atoms with van der Waals surface area (Å²) in [6.07, 6.45) is 1.80. The van der Waals surface area contributed by atoms with Crippen LogP contribution in [0.2, 0.25) is 0 Å². The summed E-state index contributed by atoms with van der Waals surface area (Å²) in [5.41, 5.74) is 0.640. The molecule has 6 nitrogen and oxygen atoms in total. The molecule has 1 aromatic heterocycles. The van der Waals surface area contributed by atoms with Crippen LogP contribution >= 0.6 is 15.9 Å². The van der Waals surface area contributed by atoms with E-state index in [9.17, 15) is 18.4 Å². The molecule has 1 saturated heterocycles. The number of carbonyl (C=O) groups excluding carboxylic acids is 2. The van der Waals surface area contributed by atoms with Crippen molar-refractivity contribution in [1.82, 2.24) is 14.4 Å². The standard InChI is InChI=1S/C18H18BrF2N3O3/c1-22-11-12(19)10-14(22)17(26)24-8-6-23(7-9-24)16(25)13-4-2-3-5-15(13)27-18(20)21/h2-5,10-11,18H,6-9H2,1H3. The number of alkyl halides is 2. The minimum atomic E-state index is -3.00. The lowest BCUT2D eigenvalue weighted by Crippen LogP contribution is -2.50. The van der Waals surface area contributed by atoms with Crippen molar-refractivity contribution < 1.29 is 23.1 Å². The highest BCUT2D eigenvalue weighted by atomic mass is 79.9. The van der Waals surface area contributed by atoms with Crippen LogP contribution in [-0.4, -0.2) is 59.0 Å². The third-order valence-corrected chi connectivity index (χ3v) is 4.81. The number of aromatic nitrogens is 1. The largest absolute Gasteiger partial charge is 0.434 e. The Kier molecular flexibility index (Phi) is 5.79. The first-order valence-corrected chi connectivity index (χ1v) is 9.10. The number of halogens is 3. The summed E-state index contributed by atoms with van der Waals surface area (Å²) in [6.45, 7) is -1.63. The molecule has 0 aliphatic carbocycles. The number of hydrogen-bond acceptors (Lipinski definition) is 3. The average molecular weight is 442 g/mol. The number of hydrogen-bond donors (Lipinski definition) is 0. The van der Waals surface area contributed by atoms with Gasteiger partial charge in [0.15, 0.2) is 0 Å². The first kappa shape index (κ1) is 19.3. The van der Waals surface area contributed by atoms with Crippen LogP contribution in [-0.2, 0) is 7.05 Å². The summed E-state index contributed by atoms with van der Waals surface area (Å²) in [6, 6.07) is 7.67. The first-order valence-electron chi connectivity index (χ1n) is 8.31. The van der Waals surface area contributed by atoms with Crippen molar-refractivity contribution in [1.29, 1.82) is 0 Å². The van der Waals surface area contributed by atoms with Gasteiger partial charge in [0.1, 0.15) is 11.4 Å². The lowest BCUT2D eigenvalue weighted by atomic mass is 10.1. The number of rotatable bonds is 4. The Hall–Kier alpha value is -2.42. The van der Waals surface area contributed by atoms with Crippen LogP contribution in [0.3, 0.4) is 0 Å². The molecule has 2 heterocycles. The zero-order chi connectivity index (χ0) is 19.6. The smallest absolute Gasteiger partial charge is 0.387 e. The van der Waals surface area contributed by atoms with Gasteiger partial charge in [0.05, 0.1) is 5.56 Å². The molecule has 0 atom stereocenters. The quantitative estimate of drug-likeness (QED) is 0.732. The van der Waals surface area contributed by atoms with E-state index < -0.39 is 6.61 Å². The van der Waals surface area contributed by atoms with E-state index in [0.29, 0.717) is 31.9 Å². The van der Waals surface area contributed by atoms with Gasteiger partial charge in [-0.1, -0.05) is 12.1 Å². The molecule has 144 valence electrons. The summed E-state index contributed by atoms with van der Waals surface area (Å²) < 4.78 is 32.1. The van der Waals surface area contributed by atoms with Gasteiger partial charge in [-0.15, -0.1) is 0 Å². The highest BCUT2D eigenvalue weighted by Gasteiger charge is 2.28. The third kappa shape index (κ3) is 4.29. The van der Waals surface area contributed by atoms with E-state index in [0.717, 1.165) is 4.47 Å². The van der Waals surface area contributed by atoms with Gasteiger partial charge in [0.2, 0.25) is 0 Å². The van der Waals surface area contributed by atoms with E-state index in [2.05, 4.69) is 20.7 Å². The SMILES string of the molecule is Cn1cc(Br)cc1C(=O)N1CCN(C(=O)c2ccccc2OC(F)F)CC1. The molecule has 27 heavy (non-hydrogen) atoms. The number of amides is 2. The topological polar surface area (TPSA) is 54.8 Å². The third-order valence-electron chi connectivity index (χ3n) is 4.38. The maximum atomic E-state index is 12.7. The molecule has 0 saturated carbocycles. The van der Waals surface area contributed by atoms with Crippen LogP contribution in [0.25, 0.3) is 0 Å². The molecule has 2 amide bonds. The molecule has 3 rings (SSSR count). The Labute approximate surface area is 163 Å². The number of aryl methyl sites for hydroxylation is 1. The zero-order valence-electron chi connectivity index (χ0n) is 14.6. The maximum Gasteiger partial charge on any atom is 0.387 e. The molecule has 0 bridgehead atoms. The second-order valence-electron chi connectivity index (χ2n) is 6.11. The summed E-state index contributed by atoms with van der Waals surface area (Å²) in [7, 11) is 1.79. The molecule has 2 aromatic rings. The van der Waals surface area contributed by atoms with Crippen molar-refractivity contribution >= 4 is 27.7 Å². The summed E-state index contributed by atoms with van der Waals surface area (Å²) in [4.78, 5) is 28.5. The Morgan fingerprint density at radius 2 is 1.67 bits per heavy atom. The molecule has 0 N–H and O–H groups in total. The number of carbonyl (C=O) groups is 2. The van der Waals surface area contributed by atoms with Crippen molar-refractivity contribution in [2.75, 3.05) is 26.2 Å². The number of ether oxygens (including phenoxy) is 1. The lowest BCUT2D eigenvalue weighted by molar-refractivity contribution is -0.0503. The van der Waals surface area contributed by atoms with Crippen LogP contribution in [0.5, 0.6) is 5.75 Å². The molecular formula is C18H18BrF2N3O3. The van der Waals surface area contributed by atoms with Crippen molar-refractivity contribution in [2.45, 2.75) is 6.61 Å². The fourth-order valence-corrected chi connectivity index (χ4v) is 3.55. The minimum Gasteiger partial charge on any atom is -0.434 e. The van der Waals surface area contributed by atoms with Crippen LogP contribution < -0.4 is 4.74 Å². The Morgan fingerprint density at radius 1 is 1.07 bits per heavy atom. The Bertz CT molecular complexity index is 848. The van der Waals surface area contributed by atoms with E-state index in [1.54, 1.807) is 39.7 Å². The molecule has 0 spiro atoms. The number of nitrogens with zero attached hydrogens (tertiary/aromatic N) is 3. The Morgan fingerprint density at radius 3 is 2.22 bits per heavy atom. The van der Waals surface area contributed by atoms with Crippen LogP contribution in [0, 0.1) is 0 Å². The average Bonchev–Trinajstić information content (AvgIpc) is 2.99. The predicted octanol–water partition coefficient (Wildman–Crippen LogP) is 2.99. The molecular weight excluding hydrogens is 424 g/mol. The molecule has 1 aliphatic rings. The van der Waals surface area contributed by atoms with E-state index in [4.69, 9.17) is 0 Å². The molecule has 1 aliphatic heterocycles. The van der Waals surface area contributed by atoms with Gasteiger partial charge in [0, 0.05) is 43.9 Å². The van der Waals surface area contributed by atoms with Crippen LogP contribution in [0.4, 0.5) is 8.78 Å². The number of para-hydroxylation sites is 1. The minimum absolute atomic E-state index is 0.0870. The molecule has 9 heteroatoms. The molecule has 1 fully saturated rings. The second kappa shape index (κ2) is 8.08. The van der Waals surface area contributed by atoms with Crippen molar-refractivity contribution in [2.24, 2.45) is 7.05 Å². The Balaban J connectivity index is 1.66. The van der Waals surface area contributed by atoms with E-state index in [-0.39, 0.29) is 23.1 Å². The van der Waals surface area contributed by atoms with E-state index >= 15 is 0 Å². The van der Waals surface area contributed by atoms with Gasteiger partial charge >= 0.3 is 6.61 Å². The summed E-state index contributed by atoms with van der Waals surface area (Å²) >= 11 is 3.34. The highest BCUT2D eigenvalue weighted by molar-refractivity contribution is 9.10. The number of benzene rings is 1. The molecule has 0 unspecified atom stereocenters. The van der Waals surface area contributed by atoms with Crippen molar-refractivity contribution in [3.8, 4) is 5.75 Å². The fraction of sp³-hybridized carbons (Fsp3) is 0.333. The van der Waals surface area contributed by atoms with Gasteiger partial charge < -0.3 is 19.1 Å². The van der Waals surface area contributed by atoms with Crippen molar-refractivity contribution in [3.63, 3.8) is 0 Å². The molecule has 0 radical (unpaired) electrons. The van der Waals surface area contributed by atoms with Gasteiger partial charge in [-0.2, -0.15) is 8.78 Å². The van der Waals surface area contributed by atoms with Gasteiger partial charge in [-0.3, -0.25) is 9.59 Å². The monoisotopic (exact) mass is 441 g/mol. The van der Waals surface area contributed by atoms with Gasteiger partial charge in [-0.05, 0) is 34.1 Å². The highest BCUT2D eigenvalue weighted by Crippen LogP contribution is 2.23. The lowest BCUT2D eigenvalue weighted by Gasteiger charge is -2.35. The normalized spacial score (nSPS) is 14.6. The van der Waals surface area contributed by atoms with Crippen molar-refractivity contribution in [3.05, 3.63) is 52.3 Å². The van der Waals surface area contributed by atoms with Gasteiger partial charge in [0.25, 0.3) is 11.8 Å². The fourth-order valence-electron chi connectivity index (χ4n) is 3.02. The second-order valence-corrected chi connectivity index (χ2v) is 7.03. The molecule has 1 aromatic carbocycles. The summed E-state index contributed by atoms with van der Waals surface area (Å²) in [5.74, 6) is -0.652. The zero-order valence-corrected chi connectivity index (χ0v) is 16.2. The number of piperazine rings is 1. The first-order chi connectivity index (χ1) is 12.9. The van der Waals surface area contributed by atoms with E-state index in [1.165, 1.54) is 18.2 Å². The maximum absolute atomic E-state index is 12.7. The van der Waals surface area contributed by atoms with Gasteiger partial charge in [-0.25, -0.2) is 0 Å². The van der Waals surface area contributed by atoms with Crippen LogP contribution in [0.1, 0.15) is 20.8 Å².